The highest BCUT2D eigenvalue weighted by Crippen LogP contribution is 2.23. The smallest absolute Gasteiger partial charge is 0.339 e. The minimum absolute atomic E-state index is 0.0355. The number of ether oxygens (including phenoxy) is 1. The summed E-state index contributed by atoms with van der Waals surface area (Å²) in [6.07, 6.45) is 2.13. The van der Waals surface area contributed by atoms with Gasteiger partial charge >= 0.3 is 5.97 Å². The lowest BCUT2D eigenvalue weighted by Gasteiger charge is -2.33. The number of nitrogens with one attached hydrogen (secondary N) is 1. The van der Waals surface area contributed by atoms with E-state index in [-0.39, 0.29) is 23.3 Å². The summed E-state index contributed by atoms with van der Waals surface area (Å²) in [7, 11) is 0. The summed E-state index contributed by atoms with van der Waals surface area (Å²) < 4.78 is 5.19. The van der Waals surface area contributed by atoms with E-state index < -0.39 is 30.4 Å². The quantitative estimate of drug-likeness (QED) is 0.483. The third-order valence-electron chi connectivity index (χ3n) is 4.39. The second kappa shape index (κ2) is 10.8. The van der Waals surface area contributed by atoms with Crippen molar-refractivity contribution < 1.29 is 23.9 Å². The molecule has 0 unspecified atom stereocenters. The molecule has 1 heterocycles. The van der Waals surface area contributed by atoms with Crippen molar-refractivity contribution >= 4 is 35.5 Å². The Bertz CT molecular complexity index is 768. The summed E-state index contributed by atoms with van der Waals surface area (Å²) in [5.74, 6) is -1.62. The van der Waals surface area contributed by atoms with Gasteiger partial charge < -0.3 is 20.7 Å². The zero-order valence-corrected chi connectivity index (χ0v) is 17.5. The summed E-state index contributed by atoms with van der Waals surface area (Å²) in [5, 5.41) is 2.79. The number of carbonyl (C=O) groups excluding carboxylic acids is 4. The fourth-order valence-corrected chi connectivity index (χ4v) is 3.93. The molecule has 0 bridgehead atoms. The number of carbonyl (C=O) groups is 4. The summed E-state index contributed by atoms with van der Waals surface area (Å²) in [5.41, 5.74) is 5.66. The Kier molecular flexibility index (Phi) is 8.50. The van der Waals surface area contributed by atoms with Crippen molar-refractivity contribution in [3.63, 3.8) is 0 Å². The van der Waals surface area contributed by atoms with Crippen LogP contribution in [0.25, 0.3) is 0 Å². The molecule has 0 aromatic heterocycles. The normalized spacial score (nSPS) is 16.4. The van der Waals surface area contributed by atoms with E-state index >= 15 is 0 Å². The first kappa shape index (κ1) is 22.7. The maximum atomic E-state index is 12.5. The summed E-state index contributed by atoms with van der Waals surface area (Å²) in [6.45, 7) is 3.70. The third-order valence-corrected chi connectivity index (χ3v) is 5.47. The van der Waals surface area contributed by atoms with Gasteiger partial charge in [-0.15, -0.1) is 11.8 Å². The Hall–Kier alpha value is -2.55. The van der Waals surface area contributed by atoms with E-state index in [0.717, 1.165) is 12.8 Å². The molecule has 0 aliphatic carbocycles. The average Bonchev–Trinajstić information content (AvgIpc) is 2.69. The standard InChI is InChI=1S/C20H27N3O5S/c1-13(2)22-17(24)12-29-16-9-4-3-7-14(16)20(27)28-11-18(25)23-10-6-5-8-15(23)19(21)26/h3-4,7,9,13,15H,5-6,8,10-12H2,1-2H3,(H2,21,26)(H,22,24)/t15-/m0/s1. The Labute approximate surface area is 174 Å². The lowest BCUT2D eigenvalue weighted by atomic mass is 10.0. The van der Waals surface area contributed by atoms with Gasteiger partial charge in [-0.05, 0) is 45.2 Å². The van der Waals surface area contributed by atoms with E-state index in [0.29, 0.717) is 17.9 Å². The number of likely N-dealkylation sites (tertiary alicyclic amines) is 1. The molecule has 1 atom stereocenters. The van der Waals surface area contributed by atoms with Gasteiger partial charge in [-0.1, -0.05) is 12.1 Å². The van der Waals surface area contributed by atoms with Crippen LogP contribution >= 0.6 is 11.8 Å². The number of nitrogens with two attached hydrogens (primary N) is 1. The predicted molar refractivity (Wildman–Crippen MR) is 109 cm³/mol. The van der Waals surface area contributed by atoms with Crippen molar-refractivity contribution in [2.24, 2.45) is 5.73 Å². The molecule has 0 radical (unpaired) electrons. The molecule has 9 heteroatoms. The molecule has 0 saturated carbocycles. The first-order valence-corrected chi connectivity index (χ1v) is 10.5. The van der Waals surface area contributed by atoms with Gasteiger partial charge in [0.1, 0.15) is 6.04 Å². The van der Waals surface area contributed by atoms with Gasteiger partial charge in [0.15, 0.2) is 6.61 Å². The number of benzene rings is 1. The van der Waals surface area contributed by atoms with Gasteiger partial charge in [-0.3, -0.25) is 14.4 Å². The highest BCUT2D eigenvalue weighted by atomic mass is 32.2. The largest absolute Gasteiger partial charge is 0.452 e. The molecule has 3 amide bonds. The summed E-state index contributed by atoms with van der Waals surface area (Å²) >= 11 is 1.22. The van der Waals surface area contributed by atoms with Crippen LogP contribution in [0.4, 0.5) is 0 Å². The second-order valence-corrected chi connectivity index (χ2v) is 8.10. The monoisotopic (exact) mass is 421 g/mol. The maximum Gasteiger partial charge on any atom is 0.339 e. The molecule has 1 aromatic rings. The van der Waals surface area contributed by atoms with Crippen LogP contribution in [0.5, 0.6) is 0 Å². The molecule has 1 aromatic carbocycles. The van der Waals surface area contributed by atoms with Crippen LogP contribution in [0.15, 0.2) is 29.2 Å². The van der Waals surface area contributed by atoms with Crippen LogP contribution in [0.2, 0.25) is 0 Å². The minimum Gasteiger partial charge on any atom is -0.452 e. The van der Waals surface area contributed by atoms with Crippen LogP contribution < -0.4 is 11.1 Å². The fourth-order valence-electron chi connectivity index (χ4n) is 3.08. The molecule has 1 aliphatic rings. The van der Waals surface area contributed by atoms with E-state index in [4.69, 9.17) is 10.5 Å². The molecule has 29 heavy (non-hydrogen) atoms. The number of amides is 3. The maximum absolute atomic E-state index is 12.5. The lowest BCUT2D eigenvalue weighted by Crippen LogP contribution is -2.51. The van der Waals surface area contributed by atoms with Crippen molar-refractivity contribution in [1.82, 2.24) is 10.2 Å². The van der Waals surface area contributed by atoms with E-state index in [1.807, 2.05) is 13.8 Å². The van der Waals surface area contributed by atoms with E-state index in [1.165, 1.54) is 16.7 Å². The zero-order valence-electron chi connectivity index (χ0n) is 16.7. The van der Waals surface area contributed by atoms with Crippen molar-refractivity contribution in [3.8, 4) is 0 Å². The first-order valence-electron chi connectivity index (χ1n) is 9.56. The molecule has 8 nitrogen and oxygen atoms in total. The number of nitrogens with zero attached hydrogens (tertiary/aromatic N) is 1. The van der Waals surface area contributed by atoms with Crippen molar-refractivity contribution in [3.05, 3.63) is 29.8 Å². The van der Waals surface area contributed by atoms with Crippen LogP contribution in [0, 0.1) is 0 Å². The highest BCUT2D eigenvalue weighted by molar-refractivity contribution is 8.00. The molecular weight excluding hydrogens is 394 g/mol. The fraction of sp³-hybridized carbons (Fsp3) is 0.500. The molecule has 158 valence electrons. The van der Waals surface area contributed by atoms with Crippen molar-refractivity contribution in [2.45, 2.75) is 50.1 Å². The Balaban J connectivity index is 1.96. The van der Waals surface area contributed by atoms with Gasteiger partial charge in [-0.2, -0.15) is 0 Å². The lowest BCUT2D eigenvalue weighted by molar-refractivity contribution is -0.143. The number of hydrogen-bond donors (Lipinski definition) is 2. The molecule has 1 aliphatic heterocycles. The number of piperidine rings is 1. The van der Waals surface area contributed by atoms with E-state index in [2.05, 4.69) is 5.32 Å². The van der Waals surface area contributed by atoms with Gasteiger partial charge in [0, 0.05) is 17.5 Å². The zero-order chi connectivity index (χ0) is 21.4. The Morgan fingerprint density at radius 3 is 2.66 bits per heavy atom. The SMILES string of the molecule is CC(C)NC(=O)CSc1ccccc1C(=O)OCC(=O)N1CCCC[C@H]1C(N)=O. The third kappa shape index (κ3) is 6.77. The van der Waals surface area contributed by atoms with Crippen LogP contribution in [-0.4, -0.2) is 59.6 Å². The molecule has 2 rings (SSSR count). The molecular formula is C20H27N3O5S. The van der Waals surface area contributed by atoms with Crippen molar-refractivity contribution in [1.29, 1.82) is 0 Å². The van der Waals surface area contributed by atoms with Crippen molar-refractivity contribution in [2.75, 3.05) is 18.9 Å². The second-order valence-electron chi connectivity index (χ2n) is 7.08. The first-order chi connectivity index (χ1) is 13.8. The van der Waals surface area contributed by atoms with E-state index in [1.54, 1.807) is 24.3 Å². The van der Waals surface area contributed by atoms with Crippen LogP contribution in [-0.2, 0) is 19.1 Å². The van der Waals surface area contributed by atoms with Gasteiger partial charge in [-0.25, -0.2) is 4.79 Å². The number of thioether (sulfide) groups is 1. The number of hydrogen-bond acceptors (Lipinski definition) is 6. The van der Waals surface area contributed by atoms with Gasteiger partial charge in [0.25, 0.3) is 5.91 Å². The minimum atomic E-state index is -0.655. The average molecular weight is 422 g/mol. The predicted octanol–water partition coefficient (Wildman–Crippen LogP) is 1.33. The van der Waals surface area contributed by atoms with Gasteiger partial charge in [0.05, 0.1) is 11.3 Å². The molecule has 1 saturated heterocycles. The summed E-state index contributed by atoms with van der Waals surface area (Å²) in [6, 6.07) is 6.13. The van der Waals surface area contributed by atoms with Gasteiger partial charge in [0.2, 0.25) is 11.8 Å². The van der Waals surface area contributed by atoms with E-state index in [9.17, 15) is 19.2 Å². The number of esters is 1. The molecule has 1 fully saturated rings. The number of rotatable bonds is 8. The highest BCUT2D eigenvalue weighted by Gasteiger charge is 2.31. The number of primary amides is 1. The molecule has 0 spiro atoms. The Morgan fingerprint density at radius 1 is 1.24 bits per heavy atom. The van der Waals surface area contributed by atoms with Crippen LogP contribution in [0.1, 0.15) is 43.5 Å². The molecule has 3 N–H and O–H groups in total. The summed E-state index contributed by atoms with van der Waals surface area (Å²) in [4.78, 5) is 50.3. The Morgan fingerprint density at radius 2 is 1.97 bits per heavy atom. The van der Waals surface area contributed by atoms with Crippen LogP contribution in [0.3, 0.4) is 0 Å². The topological polar surface area (TPSA) is 119 Å².